The SMILES string of the molecule is O=C(NCC1CCN(C(=O)Oc2cccnc2F)CC1)c1ccc(Cl)cc1. The minimum absolute atomic E-state index is 0.152. The van der Waals surface area contributed by atoms with Gasteiger partial charge in [0.15, 0.2) is 5.75 Å². The lowest BCUT2D eigenvalue weighted by molar-refractivity contribution is 0.0931. The number of benzene rings is 1. The molecule has 0 bridgehead atoms. The van der Waals surface area contributed by atoms with Crippen LogP contribution in [0.25, 0.3) is 0 Å². The number of carbonyl (C=O) groups is 2. The number of piperidine rings is 1. The maximum absolute atomic E-state index is 13.5. The molecule has 0 aliphatic carbocycles. The van der Waals surface area contributed by atoms with Crippen molar-refractivity contribution in [3.63, 3.8) is 0 Å². The molecule has 2 heterocycles. The van der Waals surface area contributed by atoms with E-state index in [0.717, 1.165) is 12.8 Å². The van der Waals surface area contributed by atoms with Crippen LogP contribution in [-0.4, -0.2) is 41.5 Å². The summed E-state index contributed by atoms with van der Waals surface area (Å²) in [5, 5.41) is 3.49. The number of pyridine rings is 1. The van der Waals surface area contributed by atoms with Crippen molar-refractivity contribution in [3.05, 3.63) is 59.1 Å². The topological polar surface area (TPSA) is 71.5 Å². The number of ether oxygens (including phenoxy) is 1. The Balaban J connectivity index is 1.43. The molecule has 0 saturated carbocycles. The first-order valence-corrected chi connectivity index (χ1v) is 9.02. The zero-order chi connectivity index (χ0) is 19.2. The molecule has 0 radical (unpaired) electrons. The summed E-state index contributed by atoms with van der Waals surface area (Å²) in [6.07, 6.45) is 2.15. The quantitative estimate of drug-likeness (QED) is 0.809. The predicted octanol–water partition coefficient (Wildman–Crippen LogP) is 3.51. The lowest BCUT2D eigenvalue weighted by atomic mass is 9.97. The van der Waals surface area contributed by atoms with E-state index >= 15 is 0 Å². The van der Waals surface area contributed by atoms with Crippen LogP contribution in [0.4, 0.5) is 9.18 Å². The van der Waals surface area contributed by atoms with Gasteiger partial charge in [-0.2, -0.15) is 4.39 Å². The van der Waals surface area contributed by atoms with Gasteiger partial charge in [0.25, 0.3) is 11.9 Å². The fourth-order valence-electron chi connectivity index (χ4n) is 2.87. The van der Waals surface area contributed by atoms with Gasteiger partial charge in [-0.15, -0.1) is 0 Å². The van der Waals surface area contributed by atoms with Gasteiger partial charge in [0.2, 0.25) is 0 Å². The van der Waals surface area contributed by atoms with Crippen molar-refractivity contribution in [1.29, 1.82) is 0 Å². The fourth-order valence-corrected chi connectivity index (χ4v) is 2.99. The van der Waals surface area contributed by atoms with Crippen LogP contribution in [0.5, 0.6) is 5.75 Å². The summed E-state index contributed by atoms with van der Waals surface area (Å²) in [4.78, 5) is 29.2. The molecule has 8 heteroatoms. The van der Waals surface area contributed by atoms with Crippen LogP contribution in [0.2, 0.25) is 5.02 Å². The Morgan fingerprint density at radius 3 is 2.59 bits per heavy atom. The first kappa shape index (κ1) is 19.1. The third-order valence-corrected chi connectivity index (χ3v) is 4.70. The first-order chi connectivity index (χ1) is 13.0. The smallest absolute Gasteiger partial charge is 0.405 e. The molecular weight excluding hydrogens is 373 g/mol. The Bertz CT molecular complexity index is 808. The van der Waals surface area contributed by atoms with Gasteiger partial charge < -0.3 is 15.0 Å². The maximum Gasteiger partial charge on any atom is 0.415 e. The molecule has 0 unspecified atom stereocenters. The Morgan fingerprint density at radius 2 is 1.93 bits per heavy atom. The number of hydrogen-bond donors (Lipinski definition) is 1. The highest BCUT2D eigenvalue weighted by Crippen LogP contribution is 2.20. The summed E-state index contributed by atoms with van der Waals surface area (Å²) < 4.78 is 18.5. The summed E-state index contributed by atoms with van der Waals surface area (Å²) in [6.45, 7) is 1.51. The summed E-state index contributed by atoms with van der Waals surface area (Å²) in [6, 6.07) is 9.56. The number of halogens is 2. The molecule has 1 N–H and O–H groups in total. The van der Waals surface area contributed by atoms with E-state index < -0.39 is 12.0 Å². The van der Waals surface area contributed by atoms with Gasteiger partial charge >= 0.3 is 6.09 Å². The van der Waals surface area contributed by atoms with Crippen LogP contribution >= 0.6 is 11.6 Å². The van der Waals surface area contributed by atoms with Crippen molar-refractivity contribution in [2.45, 2.75) is 12.8 Å². The number of nitrogens with zero attached hydrogens (tertiary/aromatic N) is 2. The van der Waals surface area contributed by atoms with Crippen LogP contribution < -0.4 is 10.1 Å². The molecule has 0 spiro atoms. The molecule has 142 valence electrons. The normalized spacial score (nSPS) is 14.7. The Morgan fingerprint density at radius 1 is 1.22 bits per heavy atom. The third kappa shape index (κ3) is 5.17. The van der Waals surface area contributed by atoms with Crippen molar-refractivity contribution < 1.29 is 18.7 Å². The Labute approximate surface area is 161 Å². The average Bonchev–Trinajstić information content (AvgIpc) is 2.69. The second kappa shape index (κ2) is 8.81. The summed E-state index contributed by atoms with van der Waals surface area (Å²) >= 11 is 5.82. The lowest BCUT2D eigenvalue weighted by Gasteiger charge is -2.31. The largest absolute Gasteiger partial charge is 0.415 e. The standard InChI is InChI=1S/C19H19ClFN3O3/c20-15-5-3-14(4-6-15)18(25)23-12-13-7-10-24(11-8-13)19(26)27-16-2-1-9-22-17(16)21/h1-6,9,13H,7-8,10-12H2,(H,23,25). The average molecular weight is 392 g/mol. The van der Waals surface area contributed by atoms with Crippen LogP contribution in [0.15, 0.2) is 42.6 Å². The molecule has 1 aromatic carbocycles. The van der Waals surface area contributed by atoms with Crippen molar-refractivity contribution in [2.24, 2.45) is 5.92 Å². The number of hydrogen-bond acceptors (Lipinski definition) is 4. The van der Waals surface area contributed by atoms with Gasteiger partial charge in [-0.1, -0.05) is 11.6 Å². The molecule has 2 amide bonds. The van der Waals surface area contributed by atoms with E-state index in [1.54, 1.807) is 24.3 Å². The van der Waals surface area contributed by atoms with Crippen molar-refractivity contribution in [3.8, 4) is 5.75 Å². The molecule has 0 atom stereocenters. The minimum atomic E-state index is -0.814. The van der Waals surface area contributed by atoms with Crippen molar-refractivity contribution >= 4 is 23.6 Å². The monoisotopic (exact) mass is 391 g/mol. The molecule has 27 heavy (non-hydrogen) atoms. The molecule has 1 fully saturated rings. The minimum Gasteiger partial charge on any atom is -0.405 e. The van der Waals surface area contributed by atoms with Crippen molar-refractivity contribution in [1.82, 2.24) is 15.2 Å². The molecule has 6 nitrogen and oxygen atoms in total. The molecule has 3 rings (SSSR count). The third-order valence-electron chi connectivity index (χ3n) is 4.45. The van der Waals surface area contributed by atoms with Crippen LogP contribution in [0.3, 0.4) is 0 Å². The predicted molar refractivity (Wildman–Crippen MR) is 98.3 cm³/mol. The molecule has 2 aromatic rings. The zero-order valence-corrected chi connectivity index (χ0v) is 15.3. The van der Waals surface area contributed by atoms with Crippen LogP contribution in [-0.2, 0) is 0 Å². The number of carbonyl (C=O) groups excluding carboxylic acids is 2. The molecule has 1 saturated heterocycles. The first-order valence-electron chi connectivity index (χ1n) is 8.64. The van der Waals surface area contributed by atoms with Gasteiger partial charge in [-0.25, -0.2) is 9.78 Å². The van der Waals surface area contributed by atoms with Gasteiger partial charge in [0.1, 0.15) is 0 Å². The lowest BCUT2D eigenvalue weighted by Crippen LogP contribution is -2.42. The number of rotatable bonds is 4. The molecular formula is C19H19ClFN3O3. The van der Waals surface area contributed by atoms with Gasteiger partial charge in [-0.05, 0) is 55.2 Å². The van der Waals surface area contributed by atoms with E-state index in [1.807, 2.05) is 0 Å². The molecule has 1 aliphatic heterocycles. The summed E-state index contributed by atoms with van der Waals surface area (Å²) in [5.74, 6) is -0.883. The highest BCUT2D eigenvalue weighted by atomic mass is 35.5. The highest BCUT2D eigenvalue weighted by molar-refractivity contribution is 6.30. The second-order valence-electron chi connectivity index (χ2n) is 6.31. The van der Waals surface area contributed by atoms with Gasteiger partial charge in [0.05, 0.1) is 0 Å². The highest BCUT2D eigenvalue weighted by Gasteiger charge is 2.25. The number of aromatic nitrogens is 1. The molecule has 1 aliphatic rings. The van der Waals surface area contributed by atoms with E-state index in [4.69, 9.17) is 16.3 Å². The van der Waals surface area contributed by atoms with Crippen LogP contribution in [0, 0.1) is 11.9 Å². The fraction of sp³-hybridized carbons (Fsp3) is 0.316. The van der Waals surface area contributed by atoms with E-state index in [0.29, 0.717) is 30.2 Å². The van der Waals surface area contributed by atoms with E-state index in [2.05, 4.69) is 10.3 Å². The molecule has 1 aromatic heterocycles. The maximum atomic E-state index is 13.5. The Kier molecular flexibility index (Phi) is 6.24. The summed E-state index contributed by atoms with van der Waals surface area (Å²) in [5.41, 5.74) is 0.555. The summed E-state index contributed by atoms with van der Waals surface area (Å²) in [7, 11) is 0. The Hall–Kier alpha value is -2.67. The van der Waals surface area contributed by atoms with Crippen molar-refractivity contribution in [2.75, 3.05) is 19.6 Å². The van der Waals surface area contributed by atoms with E-state index in [-0.39, 0.29) is 17.6 Å². The second-order valence-corrected chi connectivity index (χ2v) is 6.74. The van der Waals surface area contributed by atoms with E-state index in [1.165, 1.54) is 23.2 Å². The number of likely N-dealkylation sites (tertiary alicyclic amines) is 1. The van der Waals surface area contributed by atoms with Crippen LogP contribution in [0.1, 0.15) is 23.2 Å². The van der Waals surface area contributed by atoms with Gasteiger partial charge in [-0.3, -0.25) is 4.79 Å². The van der Waals surface area contributed by atoms with Gasteiger partial charge in [0, 0.05) is 36.4 Å². The number of amides is 2. The zero-order valence-electron chi connectivity index (χ0n) is 14.5. The van der Waals surface area contributed by atoms with E-state index in [9.17, 15) is 14.0 Å². The number of nitrogens with one attached hydrogen (secondary N) is 1.